The number of sulfone groups is 1. The molecule has 2 saturated heterocycles. The number of aliphatic hydroxyl groups excluding tert-OH is 1. The number of fused-ring (bicyclic) bond motifs is 1. The van der Waals surface area contributed by atoms with Gasteiger partial charge in [0.2, 0.25) is 11.8 Å². The maximum absolute atomic E-state index is 13.7. The third kappa shape index (κ3) is 10.3. The number of piperidine rings is 1. The van der Waals surface area contributed by atoms with E-state index in [1.165, 1.54) is 18.2 Å². The number of nitrogens with zero attached hydrogens (tertiary/aromatic N) is 2. The molecule has 0 spiro atoms. The number of rotatable bonds is 9. The summed E-state index contributed by atoms with van der Waals surface area (Å²) in [4.78, 5) is 44.2. The molecule has 3 amide bonds. The molecule has 4 rings (SSSR count). The van der Waals surface area contributed by atoms with Gasteiger partial charge in [-0.2, -0.15) is 0 Å². The van der Waals surface area contributed by atoms with Gasteiger partial charge in [0, 0.05) is 29.3 Å². The molecule has 3 N–H and O–H groups in total. The van der Waals surface area contributed by atoms with E-state index in [4.69, 9.17) is 4.74 Å². The third-order valence-corrected chi connectivity index (χ3v) is 11.4. The minimum atomic E-state index is -3.72. The molecule has 3 fully saturated rings. The first-order valence-corrected chi connectivity index (χ1v) is 19.1. The van der Waals surface area contributed by atoms with Gasteiger partial charge in [-0.05, 0) is 78.4 Å². The van der Waals surface area contributed by atoms with E-state index in [9.17, 15) is 27.9 Å². The van der Waals surface area contributed by atoms with Crippen molar-refractivity contribution in [1.82, 2.24) is 20.4 Å². The molecule has 1 saturated carbocycles. The number of hydrogen-bond donors (Lipinski definition) is 3. The number of β-amino-alcohol motifs (C(OH)–C–C–N with tert-alkyl or cyclic N) is 1. The van der Waals surface area contributed by atoms with Crippen LogP contribution in [-0.2, 0) is 24.2 Å². The van der Waals surface area contributed by atoms with E-state index in [2.05, 4.69) is 15.5 Å². The minimum Gasteiger partial charge on any atom is -0.444 e. The molecule has 11 nitrogen and oxygen atoms in total. The molecule has 1 aromatic carbocycles. The average Bonchev–Trinajstić information content (AvgIpc) is 3.29. The summed E-state index contributed by atoms with van der Waals surface area (Å²) in [6.07, 6.45) is 3.28. The van der Waals surface area contributed by atoms with Gasteiger partial charge < -0.3 is 20.5 Å². The van der Waals surface area contributed by atoms with Gasteiger partial charge in [-0.15, -0.1) is 11.8 Å². The van der Waals surface area contributed by atoms with Crippen LogP contribution < -0.4 is 10.6 Å². The van der Waals surface area contributed by atoms with E-state index < -0.39 is 68.8 Å². The van der Waals surface area contributed by atoms with Crippen LogP contribution in [0, 0.1) is 11.8 Å². The van der Waals surface area contributed by atoms with Crippen LogP contribution >= 0.6 is 11.8 Å². The molecular weight excluding hydrogens is 629 g/mol. The minimum absolute atomic E-state index is 0.0628. The fourth-order valence-electron chi connectivity index (χ4n) is 6.63. The first-order chi connectivity index (χ1) is 21.4. The zero-order chi connectivity index (χ0) is 33.9. The second-order valence-corrected chi connectivity index (χ2v) is 18.2. The molecule has 13 heteroatoms. The van der Waals surface area contributed by atoms with Crippen molar-refractivity contribution >= 4 is 39.5 Å². The monoisotopic (exact) mass is 680 g/mol. The Morgan fingerprint density at radius 2 is 1.65 bits per heavy atom. The van der Waals surface area contributed by atoms with Crippen molar-refractivity contribution in [2.24, 2.45) is 11.8 Å². The molecule has 0 radical (unpaired) electrons. The normalized spacial score (nSPS) is 26.5. The van der Waals surface area contributed by atoms with Crippen LogP contribution in [0.25, 0.3) is 0 Å². The number of hydrogen-bond acceptors (Lipinski definition) is 9. The Morgan fingerprint density at radius 3 is 2.28 bits per heavy atom. The van der Waals surface area contributed by atoms with Crippen molar-refractivity contribution in [3.63, 3.8) is 0 Å². The summed E-state index contributed by atoms with van der Waals surface area (Å²) >= 11 is 1.46. The Morgan fingerprint density at radius 1 is 1.00 bits per heavy atom. The maximum atomic E-state index is 13.7. The Labute approximate surface area is 278 Å². The lowest BCUT2D eigenvalue weighted by molar-refractivity contribution is -0.133. The molecule has 0 aromatic heterocycles. The largest absolute Gasteiger partial charge is 0.444 e. The highest BCUT2D eigenvalue weighted by molar-refractivity contribution is 7.99. The number of nitrogens with one attached hydrogen (secondary N) is 2. The Balaban J connectivity index is 1.55. The highest BCUT2D eigenvalue weighted by Crippen LogP contribution is 2.39. The van der Waals surface area contributed by atoms with Gasteiger partial charge in [0.1, 0.15) is 17.5 Å². The summed E-state index contributed by atoms with van der Waals surface area (Å²) in [5, 5.41) is 17.8. The van der Waals surface area contributed by atoms with Crippen LogP contribution in [0.2, 0.25) is 0 Å². The predicted molar refractivity (Wildman–Crippen MR) is 179 cm³/mol. The van der Waals surface area contributed by atoms with E-state index >= 15 is 0 Å². The molecule has 2 heterocycles. The van der Waals surface area contributed by atoms with Gasteiger partial charge in [0.05, 0.1) is 23.9 Å². The van der Waals surface area contributed by atoms with Crippen LogP contribution in [0.3, 0.4) is 0 Å². The number of likely N-dealkylation sites (tertiary alicyclic amines) is 1. The topological polar surface area (TPSA) is 145 Å². The second kappa shape index (κ2) is 14.8. The number of aliphatic hydroxyl groups is 1. The Bertz CT molecular complexity index is 1330. The molecule has 6 atom stereocenters. The number of carbonyl (C=O) groups excluding carboxylic acids is 3. The summed E-state index contributed by atoms with van der Waals surface area (Å²) in [6.45, 7) is 11.7. The van der Waals surface area contributed by atoms with Crippen molar-refractivity contribution < 1.29 is 32.6 Å². The van der Waals surface area contributed by atoms with Gasteiger partial charge in [0.15, 0.2) is 9.84 Å². The van der Waals surface area contributed by atoms with Gasteiger partial charge in [-0.1, -0.05) is 37.5 Å². The first-order valence-electron chi connectivity index (χ1n) is 16.3. The van der Waals surface area contributed by atoms with Crippen molar-refractivity contribution in [1.29, 1.82) is 0 Å². The van der Waals surface area contributed by atoms with Crippen molar-refractivity contribution in [3.8, 4) is 0 Å². The van der Waals surface area contributed by atoms with Crippen LogP contribution in [-0.4, -0.2) is 107 Å². The second-order valence-electron chi connectivity index (χ2n) is 15.1. The number of thioether (sulfide) groups is 1. The fourth-order valence-corrected chi connectivity index (χ4v) is 9.28. The zero-order valence-electron chi connectivity index (χ0n) is 28.0. The third-order valence-electron chi connectivity index (χ3n) is 8.74. The number of benzene rings is 1. The Hall–Kier alpha value is -2.35. The molecule has 258 valence electrons. The SMILES string of the molecule is CC(C)(C)NC(=O)[C@@H]1CC2CCCCC2CN1CC(O)C(CSc1ccccc1)NC(=O)C1CS(=O)(=O)CN1C(=O)OC(C)(C)C. The standard InChI is InChI=1S/C33H52N4O7S2/c1-32(2,3)35-30(40)26-16-22-12-10-11-13-23(22)17-36(26)18-28(38)25(19-45-24-14-8-7-9-15-24)34-29(39)27-20-46(42,43)21-37(27)31(41)44-33(4,5)6/h7-9,14-15,22-23,25-28,38H,10-13,16-21H2,1-6H3,(H,34,39)(H,35,40)/t22?,23?,25?,26-,27?,28?/m0/s1. The lowest BCUT2D eigenvalue weighted by atomic mass is 9.72. The quantitative estimate of drug-likeness (QED) is 0.334. The Kier molecular flexibility index (Phi) is 11.8. The number of ether oxygens (including phenoxy) is 1. The molecular formula is C33H52N4O7S2. The molecule has 3 aliphatic rings. The van der Waals surface area contributed by atoms with E-state index in [0.29, 0.717) is 24.1 Å². The van der Waals surface area contributed by atoms with E-state index in [1.54, 1.807) is 20.8 Å². The number of amides is 3. The average molecular weight is 681 g/mol. The van der Waals surface area contributed by atoms with Gasteiger partial charge in [-0.25, -0.2) is 13.2 Å². The van der Waals surface area contributed by atoms with Gasteiger partial charge >= 0.3 is 6.09 Å². The summed E-state index contributed by atoms with van der Waals surface area (Å²) in [7, 11) is -3.72. The molecule has 2 aliphatic heterocycles. The van der Waals surface area contributed by atoms with Crippen LogP contribution in [0.5, 0.6) is 0 Å². The summed E-state index contributed by atoms with van der Waals surface area (Å²) in [5.74, 6) is -0.682. The smallest absolute Gasteiger partial charge is 0.411 e. The van der Waals surface area contributed by atoms with Crippen LogP contribution in [0.15, 0.2) is 35.2 Å². The van der Waals surface area contributed by atoms with E-state index in [1.807, 2.05) is 51.1 Å². The summed E-state index contributed by atoms with van der Waals surface area (Å²) < 4.78 is 30.6. The first kappa shape index (κ1) is 36.5. The fraction of sp³-hybridized carbons (Fsp3) is 0.727. The van der Waals surface area contributed by atoms with Crippen molar-refractivity contribution in [3.05, 3.63) is 30.3 Å². The van der Waals surface area contributed by atoms with E-state index in [-0.39, 0.29) is 12.5 Å². The molecule has 46 heavy (non-hydrogen) atoms. The van der Waals surface area contributed by atoms with Crippen LogP contribution in [0.1, 0.15) is 73.6 Å². The molecule has 5 unspecified atom stereocenters. The predicted octanol–water partition coefficient (Wildman–Crippen LogP) is 3.41. The lowest BCUT2D eigenvalue weighted by Gasteiger charge is -2.47. The lowest BCUT2D eigenvalue weighted by Crippen LogP contribution is -2.61. The molecule has 0 bridgehead atoms. The molecule has 1 aromatic rings. The highest BCUT2D eigenvalue weighted by atomic mass is 32.2. The van der Waals surface area contributed by atoms with Gasteiger partial charge in [-0.3, -0.25) is 19.4 Å². The van der Waals surface area contributed by atoms with Crippen molar-refractivity contribution in [2.75, 3.05) is 30.5 Å². The van der Waals surface area contributed by atoms with E-state index in [0.717, 1.165) is 35.5 Å². The maximum Gasteiger partial charge on any atom is 0.411 e. The van der Waals surface area contributed by atoms with Gasteiger partial charge in [0.25, 0.3) is 0 Å². The van der Waals surface area contributed by atoms with Crippen molar-refractivity contribution in [2.45, 2.75) is 114 Å². The zero-order valence-corrected chi connectivity index (χ0v) is 29.7. The highest BCUT2D eigenvalue weighted by Gasteiger charge is 2.46. The van der Waals surface area contributed by atoms with Crippen LogP contribution in [0.4, 0.5) is 4.79 Å². The number of carbonyl (C=O) groups is 3. The summed E-state index contributed by atoms with van der Waals surface area (Å²) in [5.41, 5.74) is -1.29. The summed E-state index contributed by atoms with van der Waals surface area (Å²) in [6, 6.07) is 7.09. The molecule has 1 aliphatic carbocycles.